The van der Waals surface area contributed by atoms with E-state index in [1.807, 2.05) is 4.90 Å². The first-order valence-electron chi connectivity index (χ1n) is 10.3. The minimum atomic E-state index is -4.14. The highest BCUT2D eigenvalue weighted by Crippen LogP contribution is 2.34. The Bertz CT molecular complexity index is 1150. The highest BCUT2D eigenvalue weighted by atomic mass is 32.2. The molecule has 0 unspecified atom stereocenters. The molecule has 176 valence electrons. The first kappa shape index (κ1) is 24.2. The average Bonchev–Trinajstić information content (AvgIpc) is 2.82. The number of ether oxygens (including phenoxy) is 2. The maximum Gasteiger partial charge on any atom is 0.335 e. The van der Waals surface area contributed by atoms with Gasteiger partial charge >= 0.3 is 5.97 Å². The average molecular weight is 475 g/mol. The Morgan fingerprint density at radius 1 is 1.12 bits per heavy atom. The zero-order valence-electron chi connectivity index (χ0n) is 18.4. The van der Waals surface area contributed by atoms with Gasteiger partial charge in [0.2, 0.25) is 0 Å². The minimum Gasteiger partial charge on any atom is -0.497 e. The summed E-state index contributed by atoms with van der Waals surface area (Å²) in [7, 11) is -1.35. The molecule has 1 saturated heterocycles. The summed E-state index contributed by atoms with van der Waals surface area (Å²) < 4.78 is 39.5. The third kappa shape index (κ3) is 5.66. The van der Waals surface area contributed by atoms with Crippen molar-refractivity contribution in [3.8, 4) is 17.6 Å². The van der Waals surface area contributed by atoms with E-state index in [0.29, 0.717) is 50.6 Å². The van der Waals surface area contributed by atoms with Crippen LogP contribution in [-0.2, 0) is 10.0 Å². The molecule has 0 amide bonds. The van der Waals surface area contributed by atoms with Gasteiger partial charge in [-0.3, -0.25) is 9.62 Å². The number of carboxylic acids is 1. The van der Waals surface area contributed by atoms with Gasteiger partial charge in [0, 0.05) is 45.2 Å². The van der Waals surface area contributed by atoms with Crippen molar-refractivity contribution in [1.29, 1.82) is 5.26 Å². The van der Waals surface area contributed by atoms with E-state index in [2.05, 4.69) is 15.7 Å². The van der Waals surface area contributed by atoms with Gasteiger partial charge in [0.15, 0.2) is 0 Å². The Morgan fingerprint density at radius 2 is 1.85 bits per heavy atom. The number of benzene rings is 2. The van der Waals surface area contributed by atoms with Crippen LogP contribution < -0.4 is 19.1 Å². The van der Waals surface area contributed by atoms with E-state index >= 15 is 0 Å². The molecule has 0 aromatic heterocycles. The zero-order chi connectivity index (χ0) is 24.0. The lowest BCUT2D eigenvalue weighted by atomic mass is 10.1. The van der Waals surface area contributed by atoms with Crippen LogP contribution in [0.4, 0.5) is 11.4 Å². The minimum absolute atomic E-state index is 0.0401. The molecule has 0 aliphatic carbocycles. The summed E-state index contributed by atoms with van der Waals surface area (Å²) in [4.78, 5) is 15.6. The van der Waals surface area contributed by atoms with Gasteiger partial charge in [-0.25, -0.2) is 13.2 Å². The molecule has 0 spiro atoms. The molecule has 1 aliphatic rings. The second-order valence-corrected chi connectivity index (χ2v) is 9.05. The fraction of sp³-hybridized carbons (Fsp3) is 0.364. The summed E-state index contributed by atoms with van der Waals surface area (Å²) >= 11 is 0. The van der Waals surface area contributed by atoms with Crippen LogP contribution in [0.15, 0.2) is 41.3 Å². The first-order chi connectivity index (χ1) is 15.8. The summed E-state index contributed by atoms with van der Waals surface area (Å²) in [5, 5.41) is 18.2. The van der Waals surface area contributed by atoms with Crippen molar-refractivity contribution >= 4 is 27.4 Å². The van der Waals surface area contributed by atoms with Crippen molar-refractivity contribution in [3.05, 3.63) is 42.0 Å². The van der Waals surface area contributed by atoms with Crippen LogP contribution in [0.5, 0.6) is 11.5 Å². The number of nitriles is 1. The van der Waals surface area contributed by atoms with Gasteiger partial charge in [0.05, 0.1) is 37.2 Å². The lowest BCUT2D eigenvalue weighted by Gasteiger charge is -2.36. The van der Waals surface area contributed by atoms with Crippen molar-refractivity contribution in [2.45, 2.75) is 11.3 Å². The Morgan fingerprint density at radius 3 is 2.45 bits per heavy atom. The molecule has 11 heteroatoms. The molecular weight excluding hydrogens is 448 g/mol. The number of carbonyl (C=O) groups is 1. The predicted octanol–water partition coefficient (Wildman–Crippen LogP) is 2.24. The van der Waals surface area contributed by atoms with Gasteiger partial charge in [-0.1, -0.05) is 0 Å². The maximum absolute atomic E-state index is 13.3. The fourth-order valence-corrected chi connectivity index (χ4v) is 4.89. The molecule has 3 rings (SSSR count). The third-order valence-electron chi connectivity index (χ3n) is 5.40. The van der Waals surface area contributed by atoms with Gasteiger partial charge in [0.1, 0.15) is 16.4 Å². The van der Waals surface area contributed by atoms with Crippen LogP contribution >= 0.6 is 0 Å². The molecule has 0 bridgehead atoms. The standard InChI is InChI=1S/C22H26N4O6S/c1-31-17-5-7-20(32-2)21(15-17)33(29,30)24-18-14-16(22(27)28)4-6-19(18)26-12-10-25(11-13-26)9-3-8-23/h4-7,14-15,24H,3,9-13H2,1-2H3,(H,27,28). The van der Waals surface area contributed by atoms with Crippen LogP contribution in [0.2, 0.25) is 0 Å². The van der Waals surface area contributed by atoms with Gasteiger partial charge in [0.25, 0.3) is 10.0 Å². The third-order valence-corrected chi connectivity index (χ3v) is 6.79. The van der Waals surface area contributed by atoms with Crippen molar-refractivity contribution in [2.24, 2.45) is 0 Å². The van der Waals surface area contributed by atoms with Crippen LogP contribution in [0, 0.1) is 11.3 Å². The van der Waals surface area contributed by atoms with E-state index < -0.39 is 16.0 Å². The molecule has 1 aliphatic heterocycles. The summed E-state index contributed by atoms with van der Waals surface area (Å²) in [6, 6.07) is 10.9. The fourth-order valence-electron chi connectivity index (χ4n) is 3.64. The number of piperazine rings is 1. The summed E-state index contributed by atoms with van der Waals surface area (Å²) in [6.45, 7) is 3.30. The Kier molecular flexibility index (Phi) is 7.63. The quantitative estimate of drug-likeness (QED) is 0.561. The first-order valence-corrected chi connectivity index (χ1v) is 11.7. The maximum atomic E-state index is 13.3. The van der Waals surface area contributed by atoms with E-state index in [1.165, 1.54) is 38.5 Å². The number of methoxy groups -OCH3 is 2. The number of carboxylic acid groups (broad SMARTS) is 1. The molecule has 1 fully saturated rings. The van der Waals surface area contributed by atoms with E-state index in [-0.39, 0.29) is 21.9 Å². The Labute approximate surface area is 193 Å². The van der Waals surface area contributed by atoms with Crippen molar-refractivity contribution in [1.82, 2.24) is 4.90 Å². The predicted molar refractivity (Wildman–Crippen MR) is 123 cm³/mol. The normalized spacial score (nSPS) is 14.4. The van der Waals surface area contributed by atoms with E-state index in [0.717, 1.165) is 0 Å². The van der Waals surface area contributed by atoms with Crippen molar-refractivity contribution in [2.75, 3.05) is 56.6 Å². The number of rotatable bonds is 9. The molecule has 2 aromatic rings. The molecule has 0 radical (unpaired) electrons. The van der Waals surface area contributed by atoms with Crippen molar-refractivity contribution in [3.63, 3.8) is 0 Å². The van der Waals surface area contributed by atoms with E-state index in [9.17, 15) is 18.3 Å². The smallest absolute Gasteiger partial charge is 0.335 e. The summed E-state index contributed by atoms with van der Waals surface area (Å²) in [6.07, 6.45) is 0.445. The lowest BCUT2D eigenvalue weighted by Crippen LogP contribution is -2.46. The number of sulfonamides is 1. The number of nitrogens with one attached hydrogen (secondary N) is 1. The number of nitrogens with zero attached hydrogens (tertiary/aromatic N) is 3. The molecule has 1 heterocycles. The number of anilines is 2. The number of aromatic carboxylic acids is 1. The highest BCUT2D eigenvalue weighted by molar-refractivity contribution is 7.92. The number of hydrogen-bond acceptors (Lipinski definition) is 8. The van der Waals surface area contributed by atoms with Gasteiger partial charge in [-0.15, -0.1) is 0 Å². The van der Waals surface area contributed by atoms with E-state index in [4.69, 9.17) is 14.7 Å². The van der Waals surface area contributed by atoms with Crippen molar-refractivity contribution < 1.29 is 27.8 Å². The SMILES string of the molecule is COc1ccc(OC)c(S(=O)(=O)Nc2cc(C(=O)O)ccc2N2CCN(CCC#N)CC2)c1. The van der Waals surface area contributed by atoms with Crippen LogP contribution in [0.1, 0.15) is 16.8 Å². The second kappa shape index (κ2) is 10.4. The molecular formula is C22H26N4O6S. The molecule has 2 aromatic carbocycles. The summed E-state index contributed by atoms with van der Waals surface area (Å²) in [5.41, 5.74) is 0.692. The van der Waals surface area contributed by atoms with Gasteiger partial charge < -0.3 is 19.5 Å². The van der Waals surface area contributed by atoms with E-state index in [1.54, 1.807) is 12.1 Å². The topological polar surface area (TPSA) is 132 Å². The molecule has 0 saturated carbocycles. The largest absolute Gasteiger partial charge is 0.497 e. The molecule has 10 nitrogen and oxygen atoms in total. The monoisotopic (exact) mass is 474 g/mol. The molecule has 2 N–H and O–H groups in total. The second-order valence-electron chi connectivity index (χ2n) is 7.40. The van der Waals surface area contributed by atoms with Gasteiger partial charge in [-0.05, 0) is 30.3 Å². The summed E-state index contributed by atoms with van der Waals surface area (Å²) in [5.74, 6) is -0.697. The van der Waals surface area contributed by atoms with Crippen LogP contribution in [0.3, 0.4) is 0 Å². The van der Waals surface area contributed by atoms with Crippen LogP contribution in [-0.4, -0.2) is 71.3 Å². The zero-order valence-corrected chi connectivity index (χ0v) is 19.3. The number of hydrogen-bond donors (Lipinski definition) is 2. The lowest BCUT2D eigenvalue weighted by molar-refractivity contribution is 0.0697. The van der Waals surface area contributed by atoms with Crippen LogP contribution in [0.25, 0.3) is 0 Å². The highest BCUT2D eigenvalue weighted by Gasteiger charge is 2.25. The molecule has 33 heavy (non-hydrogen) atoms. The Hall–Kier alpha value is -3.49. The molecule has 0 atom stereocenters. The Balaban J connectivity index is 1.94. The van der Waals surface area contributed by atoms with Gasteiger partial charge in [-0.2, -0.15) is 5.26 Å².